The molecule has 11 heteroatoms. The van der Waals surface area contributed by atoms with Crippen molar-refractivity contribution in [1.29, 1.82) is 0 Å². The van der Waals surface area contributed by atoms with Crippen LogP contribution in [0.5, 0.6) is 0 Å². The van der Waals surface area contributed by atoms with Gasteiger partial charge >= 0.3 is 23.9 Å². The second-order valence-electron chi connectivity index (χ2n) is 9.53. The number of carbonyl (C=O) groups excluding carboxylic acids is 3. The fourth-order valence-corrected chi connectivity index (χ4v) is 2.83. The summed E-state index contributed by atoms with van der Waals surface area (Å²) in [6, 6.07) is 6.84. The Labute approximate surface area is 206 Å². The van der Waals surface area contributed by atoms with E-state index in [1.54, 1.807) is 41.5 Å². The average Bonchev–Trinajstić information content (AvgIpc) is 2.78. The molecule has 0 fully saturated rings. The van der Waals surface area contributed by atoms with Gasteiger partial charge in [-0.25, -0.2) is 19.2 Å². The predicted octanol–water partition coefficient (Wildman–Crippen LogP) is 4.09. The summed E-state index contributed by atoms with van der Waals surface area (Å²) < 4.78 is 0. The molecule has 0 unspecified atom stereocenters. The Hall–Kier alpha value is -4.09. The summed E-state index contributed by atoms with van der Waals surface area (Å²) in [6.07, 6.45) is 0. The van der Waals surface area contributed by atoms with E-state index < -0.39 is 74.2 Å². The van der Waals surface area contributed by atoms with E-state index >= 15 is 0 Å². The number of ketones is 1. The zero-order valence-electron chi connectivity index (χ0n) is 20.5. The van der Waals surface area contributed by atoms with Crippen molar-refractivity contribution in [3.8, 4) is 0 Å². The Morgan fingerprint density at radius 3 is 1.17 bits per heavy atom. The summed E-state index contributed by atoms with van der Waals surface area (Å²) in [7, 11) is 0. The van der Waals surface area contributed by atoms with Crippen LogP contribution in [0.4, 0.5) is 0 Å². The maximum absolute atomic E-state index is 13.6. The van der Waals surface area contributed by atoms with E-state index in [0.29, 0.717) is 0 Å². The van der Waals surface area contributed by atoms with Gasteiger partial charge in [-0.3, -0.25) is 14.6 Å². The highest BCUT2D eigenvalue weighted by molar-refractivity contribution is 6.21. The lowest BCUT2D eigenvalue weighted by Crippen LogP contribution is -2.26. The van der Waals surface area contributed by atoms with E-state index in [4.69, 9.17) is 19.6 Å². The monoisotopic (exact) mass is 502 g/mol. The van der Waals surface area contributed by atoms with Crippen molar-refractivity contribution < 1.29 is 53.7 Å². The standard InChI is InChI=1S/C25H26O11/c1-24(2,3)35-33-22(31)17-13(9-7-11-15(17)20(27)28)19(26)14-10-8-12-16(21(29)30)18(14)23(32)34-36-25(4,5)6/h7-12H,1-6H3,(H,27,28)(H,29,30). The van der Waals surface area contributed by atoms with E-state index in [1.807, 2.05) is 0 Å². The molecule has 0 saturated heterocycles. The summed E-state index contributed by atoms with van der Waals surface area (Å²) in [6.45, 7) is 9.44. The first-order valence-electron chi connectivity index (χ1n) is 10.6. The van der Waals surface area contributed by atoms with Crippen LogP contribution in [0.1, 0.15) is 98.9 Å². The molecule has 0 aliphatic carbocycles. The normalized spacial score (nSPS) is 11.5. The van der Waals surface area contributed by atoms with Gasteiger partial charge in [0.1, 0.15) is 11.2 Å². The smallest absolute Gasteiger partial charge is 0.374 e. The Kier molecular flexibility index (Phi) is 8.34. The summed E-state index contributed by atoms with van der Waals surface area (Å²) in [5.41, 5.74) is -5.27. The van der Waals surface area contributed by atoms with Gasteiger partial charge in [-0.1, -0.05) is 24.3 Å². The van der Waals surface area contributed by atoms with E-state index in [2.05, 4.69) is 0 Å². The van der Waals surface area contributed by atoms with Gasteiger partial charge in [0.2, 0.25) is 0 Å². The van der Waals surface area contributed by atoms with Gasteiger partial charge in [0, 0.05) is 11.1 Å². The highest BCUT2D eigenvalue weighted by Gasteiger charge is 2.32. The Morgan fingerprint density at radius 1 is 0.583 bits per heavy atom. The summed E-state index contributed by atoms with van der Waals surface area (Å²) in [4.78, 5) is 82.3. The largest absolute Gasteiger partial charge is 0.478 e. The van der Waals surface area contributed by atoms with E-state index in [-0.39, 0.29) is 0 Å². The molecular formula is C25H26O11. The summed E-state index contributed by atoms with van der Waals surface area (Å²) >= 11 is 0. The molecular weight excluding hydrogens is 476 g/mol. The molecule has 36 heavy (non-hydrogen) atoms. The number of hydrogen-bond acceptors (Lipinski definition) is 9. The van der Waals surface area contributed by atoms with Crippen LogP contribution >= 0.6 is 0 Å². The van der Waals surface area contributed by atoms with Crippen molar-refractivity contribution in [1.82, 2.24) is 0 Å². The molecule has 2 rings (SSSR count). The Balaban J connectivity index is 2.70. The molecule has 0 bridgehead atoms. The molecule has 2 aromatic rings. The second kappa shape index (κ2) is 10.7. The van der Waals surface area contributed by atoms with Gasteiger partial charge in [0.15, 0.2) is 5.78 Å². The third-order valence-electron chi connectivity index (χ3n) is 4.22. The summed E-state index contributed by atoms with van der Waals surface area (Å²) in [5.74, 6) is -6.66. The van der Waals surface area contributed by atoms with Gasteiger partial charge in [-0.2, -0.15) is 9.78 Å². The van der Waals surface area contributed by atoms with E-state index in [0.717, 1.165) is 24.3 Å². The van der Waals surface area contributed by atoms with Crippen LogP contribution in [0.2, 0.25) is 0 Å². The zero-order chi connectivity index (χ0) is 27.4. The minimum absolute atomic E-state index is 0.467. The van der Waals surface area contributed by atoms with E-state index in [1.165, 1.54) is 12.1 Å². The molecule has 0 amide bonds. The van der Waals surface area contributed by atoms with Crippen molar-refractivity contribution in [3.63, 3.8) is 0 Å². The van der Waals surface area contributed by atoms with Crippen LogP contribution in [-0.4, -0.2) is 51.1 Å². The molecule has 11 nitrogen and oxygen atoms in total. The van der Waals surface area contributed by atoms with Crippen LogP contribution in [0, 0.1) is 0 Å². The first kappa shape index (κ1) is 28.1. The SMILES string of the molecule is CC(C)(C)OOC(=O)c1c(C(=O)O)cccc1C(=O)c1cccc(C(=O)O)c1C(=O)OOC(C)(C)C. The highest BCUT2D eigenvalue weighted by Crippen LogP contribution is 2.26. The van der Waals surface area contributed by atoms with Crippen LogP contribution in [0.3, 0.4) is 0 Å². The summed E-state index contributed by atoms with van der Waals surface area (Å²) in [5, 5.41) is 19.2. The third kappa shape index (κ3) is 6.96. The lowest BCUT2D eigenvalue weighted by molar-refractivity contribution is -0.301. The highest BCUT2D eigenvalue weighted by atomic mass is 17.2. The maximum Gasteiger partial charge on any atom is 0.374 e. The first-order valence-corrected chi connectivity index (χ1v) is 10.6. The molecule has 0 spiro atoms. The Morgan fingerprint density at radius 2 is 0.889 bits per heavy atom. The lowest BCUT2D eigenvalue weighted by atomic mass is 9.90. The molecule has 0 aliphatic rings. The van der Waals surface area contributed by atoms with Gasteiger partial charge in [-0.05, 0) is 53.7 Å². The van der Waals surface area contributed by atoms with Crippen molar-refractivity contribution in [2.24, 2.45) is 0 Å². The van der Waals surface area contributed by atoms with E-state index in [9.17, 15) is 34.2 Å². The molecule has 192 valence electrons. The number of benzene rings is 2. The number of carboxylic acids is 2. The second-order valence-corrected chi connectivity index (χ2v) is 9.53. The van der Waals surface area contributed by atoms with Crippen molar-refractivity contribution in [2.75, 3.05) is 0 Å². The zero-order valence-corrected chi connectivity index (χ0v) is 20.5. The topological polar surface area (TPSA) is 163 Å². The van der Waals surface area contributed by atoms with Gasteiger partial charge in [0.05, 0.1) is 22.3 Å². The quantitative estimate of drug-likeness (QED) is 0.304. The van der Waals surface area contributed by atoms with Crippen LogP contribution in [-0.2, 0) is 19.6 Å². The van der Waals surface area contributed by atoms with Crippen molar-refractivity contribution in [3.05, 3.63) is 69.8 Å². The van der Waals surface area contributed by atoms with Crippen LogP contribution < -0.4 is 0 Å². The Bertz CT molecular complexity index is 1120. The molecule has 0 radical (unpaired) electrons. The number of rotatable bonds is 8. The molecule has 2 aromatic carbocycles. The number of carbonyl (C=O) groups is 5. The molecule has 0 atom stereocenters. The van der Waals surface area contributed by atoms with Gasteiger partial charge in [0.25, 0.3) is 0 Å². The molecule has 0 saturated carbocycles. The third-order valence-corrected chi connectivity index (χ3v) is 4.22. The number of hydrogen-bond donors (Lipinski definition) is 2. The fourth-order valence-electron chi connectivity index (χ4n) is 2.83. The fraction of sp³-hybridized carbons (Fsp3) is 0.320. The first-order chi connectivity index (χ1) is 16.5. The van der Waals surface area contributed by atoms with Crippen LogP contribution in [0.15, 0.2) is 36.4 Å². The van der Waals surface area contributed by atoms with Gasteiger partial charge < -0.3 is 10.2 Å². The predicted molar refractivity (Wildman–Crippen MR) is 123 cm³/mol. The minimum atomic E-state index is -1.54. The van der Waals surface area contributed by atoms with Gasteiger partial charge in [-0.15, -0.1) is 0 Å². The molecule has 0 aliphatic heterocycles. The van der Waals surface area contributed by atoms with Crippen LogP contribution in [0.25, 0.3) is 0 Å². The molecule has 0 aromatic heterocycles. The number of aromatic carboxylic acids is 2. The minimum Gasteiger partial charge on any atom is -0.478 e. The average molecular weight is 502 g/mol. The maximum atomic E-state index is 13.6. The van der Waals surface area contributed by atoms with Crippen molar-refractivity contribution in [2.45, 2.75) is 52.7 Å². The molecule has 2 N–H and O–H groups in total. The van der Waals surface area contributed by atoms with Crippen molar-refractivity contribution >= 4 is 29.7 Å². The lowest BCUT2D eigenvalue weighted by Gasteiger charge is -2.19. The number of carboxylic acid groups (broad SMARTS) is 2. The molecule has 0 heterocycles.